The Balaban J connectivity index is 1.41. The molecule has 2 aliphatic rings. The molecule has 2 aromatic carbocycles. The molecule has 1 saturated heterocycles. The van der Waals surface area contributed by atoms with Gasteiger partial charge in [0, 0.05) is 25.7 Å². The van der Waals surface area contributed by atoms with Gasteiger partial charge in [-0.2, -0.15) is 13.2 Å². The molecule has 6 nitrogen and oxygen atoms in total. The zero-order chi connectivity index (χ0) is 23.7. The van der Waals surface area contributed by atoms with Crippen LogP contribution in [-0.2, 0) is 12.6 Å². The number of nitrogens with zero attached hydrogens (tertiary/aromatic N) is 3. The van der Waals surface area contributed by atoms with Crippen LogP contribution in [0.2, 0.25) is 0 Å². The monoisotopic (exact) mass is 487 g/mol. The van der Waals surface area contributed by atoms with Crippen molar-refractivity contribution in [2.24, 2.45) is 4.99 Å². The molecule has 2 aliphatic heterocycles. The maximum Gasteiger partial charge on any atom is 0.443 e. The second kappa shape index (κ2) is 9.27. The third-order valence-electron chi connectivity index (χ3n) is 5.93. The van der Waals surface area contributed by atoms with Crippen molar-refractivity contribution in [1.29, 1.82) is 0 Å². The van der Waals surface area contributed by atoms with Crippen molar-refractivity contribution >= 4 is 33.5 Å². The number of aromatic nitrogens is 1. The molecule has 5 rings (SSSR count). The van der Waals surface area contributed by atoms with Crippen LogP contribution in [0.3, 0.4) is 0 Å². The Hall–Kier alpha value is -3.11. The average molecular weight is 488 g/mol. The molecule has 0 saturated carbocycles. The molecule has 2 N–H and O–H groups in total. The van der Waals surface area contributed by atoms with Gasteiger partial charge in [-0.25, -0.2) is 9.98 Å². The van der Waals surface area contributed by atoms with E-state index in [1.807, 2.05) is 42.5 Å². The summed E-state index contributed by atoms with van der Waals surface area (Å²) in [4.78, 5) is 10.8. The standard InChI is InChI=1S/C24H24F3N5OS/c1-33-17-6-4-5-15(13-17)9-10-16-14-32(12-11-28-16)21-20-22(34-23(31-20)24(25,26)27)30-19-8-3-2-7-18(19)29-21/h2-8,13,16,28,30H,9-12,14H2,1H3. The number of hydrogen-bond donors (Lipinski definition) is 2. The van der Waals surface area contributed by atoms with Gasteiger partial charge >= 0.3 is 6.18 Å². The molecule has 0 bridgehead atoms. The van der Waals surface area contributed by atoms with E-state index in [1.165, 1.54) is 5.56 Å². The van der Waals surface area contributed by atoms with Gasteiger partial charge in [0.1, 0.15) is 16.4 Å². The van der Waals surface area contributed by atoms with Crippen molar-refractivity contribution in [2.75, 3.05) is 32.1 Å². The highest BCUT2D eigenvalue weighted by Gasteiger charge is 2.38. The summed E-state index contributed by atoms with van der Waals surface area (Å²) in [5.41, 5.74) is 2.78. The number of aryl methyl sites for hydroxylation is 1. The number of nitrogens with one attached hydrogen (secondary N) is 2. The van der Waals surface area contributed by atoms with Gasteiger partial charge in [-0.15, -0.1) is 0 Å². The van der Waals surface area contributed by atoms with Gasteiger partial charge in [0.15, 0.2) is 5.84 Å². The third-order valence-corrected chi connectivity index (χ3v) is 6.95. The van der Waals surface area contributed by atoms with Gasteiger partial charge < -0.3 is 20.3 Å². The van der Waals surface area contributed by atoms with Crippen molar-refractivity contribution in [2.45, 2.75) is 25.1 Å². The first kappa shape index (κ1) is 22.7. The fourth-order valence-corrected chi connectivity index (χ4v) is 5.09. The molecule has 1 aromatic heterocycles. The number of amidine groups is 1. The molecule has 1 fully saturated rings. The molecule has 0 spiro atoms. The fourth-order valence-electron chi connectivity index (χ4n) is 4.24. The predicted molar refractivity (Wildman–Crippen MR) is 128 cm³/mol. The SMILES string of the molecule is COc1cccc(CCC2CN(C3=Nc4ccccc4Nc4sc(C(F)(F)F)nc43)CCN2)c1. The van der Waals surface area contributed by atoms with Crippen LogP contribution >= 0.6 is 11.3 Å². The normalized spacial score (nSPS) is 17.8. The summed E-state index contributed by atoms with van der Waals surface area (Å²) in [6, 6.07) is 15.5. The first-order valence-electron chi connectivity index (χ1n) is 11.0. The number of thiazole rings is 1. The number of benzene rings is 2. The Labute approximate surface area is 199 Å². The molecule has 1 atom stereocenters. The first-order valence-corrected chi connectivity index (χ1v) is 11.9. The second-order valence-electron chi connectivity index (χ2n) is 8.26. The lowest BCUT2D eigenvalue weighted by atomic mass is 10.0. The van der Waals surface area contributed by atoms with Gasteiger partial charge in [-0.05, 0) is 42.7 Å². The minimum atomic E-state index is -4.51. The molecule has 3 aromatic rings. The maximum atomic E-state index is 13.5. The summed E-state index contributed by atoms with van der Waals surface area (Å²) in [6.45, 7) is 1.97. The van der Waals surface area contributed by atoms with Crippen LogP contribution in [0.25, 0.3) is 0 Å². The molecule has 0 aliphatic carbocycles. The van der Waals surface area contributed by atoms with E-state index in [0.717, 1.165) is 18.6 Å². The molecular formula is C24H24F3N5OS. The second-order valence-corrected chi connectivity index (χ2v) is 9.26. The average Bonchev–Trinajstić information content (AvgIpc) is 3.20. The number of alkyl halides is 3. The highest BCUT2D eigenvalue weighted by Crippen LogP contribution is 2.42. The fraction of sp³-hybridized carbons (Fsp3) is 0.333. The van der Waals surface area contributed by atoms with Gasteiger partial charge in [-0.1, -0.05) is 35.6 Å². The van der Waals surface area contributed by atoms with E-state index in [4.69, 9.17) is 9.73 Å². The predicted octanol–water partition coefficient (Wildman–Crippen LogP) is 5.21. The zero-order valence-corrected chi connectivity index (χ0v) is 19.3. The summed E-state index contributed by atoms with van der Waals surface area (Å²) in [6.07, 6.45) is -2.77. The van der Waals surface area contributed by atoms with Crippen LogP contribution in [0, 0.1) is 0 Å². The number of fused-ring (bicyclic) bond motifs is 2. The van der Waals surface area contributed by atoms with Crippen molar-refractivity contribution in [3.8, 4) is 5.75 Å². The maximum absolute atomic E-state index is 13.5. The molecule has 178 valence electrons. The van der Waals surface area contributed by atoms with E-state index < -0.39 is 11.2 Å². The number of halogens is 3. The number of piperazine rings is 1. The van der Waals surface area contributed by atoms with Crippen LogP contribution in [-0.4, -0.2) is 48.5 Å². The molecule has 34 heavy (non-hydrogen) atoms. The van der Waals surface area contributed by atoms with E-state index in [2.05, 4.69) is 26.6 Å². The molecular weight excluding hydrogens is 463 g/mol. The summed E-state index contributed by atoms with van der Waals surface area (Å²) >= 11 is 0.617. The Morgan fingerprint density at radius 3 is 2.85 bits per heavy atom. The first-order chi connectivity index (χ1) is 16.4. The molecule has 0 radical (unpaired) electrons. The van der Waals surface area contributed by atoms with Crippen LogP contribution in [0.1, 0.15) is 22.7 Å². The number of hydrogen-bond acceptors (Lipinski definition) is 7. The van der Waals surface area contributed by atoms with Crippen LogP contribution in [0.5, 0.6) is 5.75 Å². The molecule has 0 amide bonds. The summed E-state index contributed by atoms with van der Waals surface area (Å²) in [7, 11) is 1.65. The smallest absolute Gasteiger partial charge is 0.443 e. The Morgan fingerprint density at radius 1 is 1.18 bits per heavy atom. The third kappa shape index (κ3) is 4.74. The Kier molecular flexibility index (Phi) is 6.18. The molecule has 1 unspecified atom stereocenters. The topological polar surface area (TPSA) is 61.8 Å². The lowest BCUT2D eigenvalue weighted by molar-refractivity contribution is -0.137. The van der Waals surface area contributed by atoms with E-state index >= 15 is 0 Å². The highest BCUT2D eigenvalue weighted by molar-refractivity contribution is 7.16. The minimum absolute atomic E-state index is 0.165. The van der Waals surface area contributed by atoms with Gasteiger partial charge in [0.2, 0.25) is 5.01 Å². The van der Waals surface area contributed by atoms with Gasteiger partial charge in [0.25, 0.3) is 0 Å². The van der Waals surface area contributed by atoms with Crippen LogP contribution in [0.15, 0.2) is 53.5 Å². The molecule has 3 heterocycles. The van der Waals surface area contributed by atoms with Crippen molar-refractivity contribution in [3.63, 3.8) is 0 Å². The minimum Gasteiger partial charge on any atom is -0.497 e. The largest absolute Gasteiger partial charge is 0.497 e. The van der Waals surface area contributed by atoms with Gasteiger partial charge in [-0.3, -0.25) is 0 Å². The van der Waals surface area contributed by atoms with Crippen molar-refractivity contribution in [1.82, 2.24) is 15.2 Å². The van der Waals surface area contributed by atoms with E-state index in [-0.39, 0.29) is 11.7 Å². The van der Waals surface area contributed by atoms with E-state index in [9.17, 15) is 13.2 Å². The van der Waals surface area contributed by atoms with E-state index in [1.54, 1.807) is 7.11 Å². The number of anilines is 2. The lowest BCUT2D eigenvalue weighted by Gasteiger charge is -2.35. The number of aliphatic imine (C=N–C) groups is 1. The lowest BCUT2D eigenvalue weighted by Crippen LogP contribution is -2.53. The van der Waals surface area contributed by atoms with Crippen molar-refractivity contribution in [3.05, 3.63) is 64.8 Å². The Morgan fingerprint density at radius 2 is 2.03 bits per heavy atom. The summed E-state index contributed by atoms with van der Waals surface area (Å²) < 4.78 is 45.7. The number of methoxy groups -OCH3 is 1. The van der Waals surface area contributed by atoms with E-state index in [0.29, 0.717) is 53.2 Å². The number of ether oxygens (including phenoxy) is 1. The molecule has 10 heteroatoms. The Bertz CT molecular complexity index is 1210. The van der Waals surface area contributed by atoms with Crippen LogP contribution < -0.4 is 15.4 Å². The number of rotatable bonds is 4. The van der Waals surface area contributed by atoms with Gasteiger partial charge in [0.05, 0.1) is 18.5 Å². The quantitative estimate of drug-likeness (QED) is 0.529. The summed E-state index contributed by atoms with van der Waals surface area (Å²) in [5, 5.41) is 6.14. The highest BCUT2D eigenvalue weighted by atomic mass is 32.1. The zero-order valence-electron chi connectivity index (χ0n) is 18.5. The van der Waals surface area contributed by atoms with Crippen molar-refractivity contribution < 1.29 is 17.9 Å². The number of para-hydroxylation sites is 2. The summed E-state index contributed by atoms with van der Waals surface area (Å²) in [5.74, 6) is 1.30. The van der Waals surface area contributed by atoms with Crippen LogP contribution in [0.4, 0.5) is 29.5 Å².